The van der Waals surface area contributed by atoms with Gasteiger partial charge in [-0.05, 0) is 25.7 Å². The zero-order valence-corrected chi connectivity index (χ0v) is 15.4. The van der Waals surface area contributed by atoms with Crippen LogP contribution in [0.3, 0.4) is 0 Å². The van der Waals surface area contributed by atoms with Crippen molar-refractivity contribution >= 4 is 33.5 Å². The van der Waals surface area contributed by atoms with Gasteiger partial charge in [-0.3, -0.25) is 29.8 Å². The van der Waals surface area contributed by atoms with Crippen LogP contribution in [0.1, 0.15) is 38.5 Å². The van der Waals surface area contributed by atoms with Crippen molar-refractivity contribution in [2.75, 3.05) is 0 Å². The number of carboxylic acid groups (broad SMARTS) is 2. The minimum Gasteiger partial charge on any atom is -0.481 e. The van der Waals surface area contributed by atoms with E-state index >= 15 is 0 Å². The van der Waals surface area contributed by atoms with Crippen LogP contribution in [0.2, 0.25) is 0 Å². The Kier molecular flexibility index (Phi) is 7.09. The van der Waals surface area contributed by atoms with Gasteiger partial charge in [-0.25, -0.2) is 0 Å². The van der Waals surface area contributed by atoms with E-state index in [2.05, 4.69) is 0 Å². The number of aliphatic carboxylic acids is 2. The smallest absolute Gasteiger partial charge is 0.306 e. The highest BCUT2D eigenvalue weighted by molar-refractivity contribution is 8.77. The first-order valence-electron chi connectivity index (χ1n) is 8.25. The third-order valence-electron chi connectivity index (χ3n) is 5.05. The summed E-state index contributed by atoms with van der Waals surface area (Å²) >= 11 is 0. The van der Waals surface area contributed by atoms with Crippen molar-refractivity contribution in [3.05, 3.63) is 20.2 Å². The maximum absolute atomic E-state index is 11.3. The summed E-state index contributed by atoms with van der Waals surface area (Å²) in [5.41, 5.74) is 0. The molecule has 0 heterocycles. The van der Waals surface area contributed by atoms with E-state index in [9.17, 15) is 29.8 Å². The molecular weight excluding hydrogens is 388 g/mol. The molecule has 10 nitrogen and oxygen atoms in total. The van der Waals surface area contributed by atoms with Crippen LogP contribution in [0.4, 0.5) is 0 Å². The number of nitrogens with zero attached hydrogens (tertiary/aromatic N) is 2. The lowest BCUT2D eigenvalue weighted by molar-refractivity contribution is -0.526. The van der Waals surface area contributed by atoms with Crippen molar-refractivity contribution < 1.29 is 29.6 Å². The maximum atomic E-state index is 11.3. The topological polar surface area (TPSA) is 161 Å². The molecule has 6 atom stereocenters. The molecule has 2 saturated carbocycles. The van der Waals surface area contributed by atoms with E-state index in [1.54, 1.807) is 0 Å². The Hall–Kier alpha value is -1.56. The lowest BCUT2D eigenvalue weighted by Crippen LogP contribution is -2.41. The van der Waals surface area contributed by atoms with Gasteiger partial charge in [-0.1, -0.05) is 21.6 Å². The van der Waals surface area contributed by atoms with E-state index in [1.165, 1.54) is 21.6 Å². The molecule has 12 heteroatoms. The molecule has 2 N–H and O–H groups in total. The van der Waals surface area contributed by atoms with Gasteiger partial charge in [-0.15, -0.1) is 0 Å². The summed E-state index contributed by atoms with van der Waals surface area (Å²) in [7, 11) is 2.43. The van der Waals surface area contributed by atoms with Crippen molar-refractivity contribution in [2.45, 2.75) is 61.1 Å². The fourth-order valence-electron chi connectivity index (χ4n) is 3.50. The summed E-state index contributed by atoms with van der Waals surface area (Å²) in [5, 5.41) is 39.9. The van der Waals surface area contributed by atoms with E-state index in [1.807, 2.05) is 0 Å². The van der Waals surface area contributed by atoms with Crippen LogP contribution in [0.15, 0.2) is 0 Å². The third kappa shape index (κ3) is 5.00. The third-order valence-corrected chi connectivity index (χ3v) is 8.57. The highest BCUT2D eigenvalue weighted by Crippen LogP contribution is 2.45. The molecule has 2 rings (SSSR count). The van der Waals surface area contributed by atoms with Gasteiger partial charge < -0.3 is 10.2 Å². The van der Waals surface area contributed by atoms with E-state index in [-0.39, 0.29) is 12.8 Å². The summed E-state index contributed by atoms with van der Waals surface area (Å²) in [6, 6.07) is -1.99. The van der Waals surface area contributed by atoms with Crippen LogP contribution in [-0.2, 0) is 9.59 Å². The van der Waals surface area contributed by atoms with Gasteiger partial charge in [0, 0.05) is 22.7 Å². The zero-order chi connectivity index (χ0) is 19.4. The normalized spacial score (nSPS) is 34.8. The lowest BCUT2D eigenvalue weighted by atomic mass is 9.85. The van der Waals surface area contributed by atoms with Crippen molar-refractivity contribution in [2.24, 2.45) is 11.8 Å². The van der Waals surface area contributed by atoms with Crippen LogP contribution in [0.5, 0.6) is 0 Å². The molecule has 0 aromatic heterocycles. The van der Waals surface area contributed by atoms with Crippen molar-refractivity contribution in [1.82, 2.24) is 0 Å². The number of rotatable bonds is 7. The molecule has 0 radical (unpaired) electrons. The van der Waals surface area contributed by atoms with E-state index < -0.39 is 56.2 Å². The van der Waals surface area contributed by atoms with Gasteiger partial charge in [0.25, 0.3) is 0 Å². The molecule has 0 aliphatic heterocycles. The molecule has 0 aromatic rings. The Balaban J connectivity index is 1.97. The monoisotopic (exact) mass is 408 g/mol. The van der Waals surface area contributed by atoms with E-state index in [0.29, 0.717) is 25.7 Å². The summed E-state index contributed by atoms with van der Waals surface area (Å²) in [4.78, 5) is 43.8. The molecule has 2 aliphatic carbocycles. The van der Waals surface area contributed by atoms with Crippen LogP contribution in [0, 0.1) is 32.1 Å². The Morgan fingerprint density at radius 3 is 1.38 bits per heavy atom. The van der Waals surface area contributed by atoms with Gasteiger partial charge in [-0.2, -0.15) is 0 Å². The second-order valence-electron chi connectivity index (χ2n) is 6.67. The van der Waals surface area contributed by atoms with Crippen LogP contribution >= 0.6 is 21.6 Å². The fraction of sp³-hybridized carbons (Fsp3) is 0.857. The molecule has 2 aliphatic rings. The summed E-state index contributed by atoms with van der Waals surface area (Å²) in [5.74, 6) is -3.53. The average molecular weight is 408 g/mol. The predicted octanol–water partition coefficient (Wildman–Crippen LogP) is 2.17. The quantitative estimate of drug-likeness (QED) is 0.363. The highest BCUT2D eigenvalue weighted by atomic mass is 33.1. The molecule has 26 heavy (non-hydrogen) atoms. The Bertz CT molecular complexity index is 539. The minimum absolute atomic E-state index is 0.0367. The van der Waals surface area contributed by atoms with Gasteiger partial charge >= 0.3 is 11.9 Å². The molecule has 0 saturated heterocycles. The first-order chi connectivity index (χ1) is 12.2. The highest BCUT2D eigenvalue weighted by Gasteiger charge is 2.45. The summed E-state index contributed by atoms with van der Waals surface area (Å²) in [6.45, 7) is 0. The maximum Gasteiger partial charge on any atom is 0.306 e. The van der Waals surface area contributed by atoms with Gasteiger partial charge in [0.2, 0.25) is 12.1 Å². The predicted molar refractivity (Wildman–Crippen MR) is 94.3 cm³/mol. The molecule has 2 fully saturated rings. The Morgan fingerprint density at radius 2 is 1.12 bits per heavy atom. The summed E-state index contributed by atoms with van der Waals surface area (Å²) in [6.07, 6.45) is 1.36. The summed E-state index contributed by atoms with van der Waals surface area (Å²) < 4.78 is 0. The van der Waals surface area contributed by atoms with Crippen molar-refractivity contribution in [3.63, 3.8) is 0 Å². The average Bonchev–Trinajstić information content (AvgIpc) is 2.59. The Morgan fingerprint density at radius 1 is 0.769 bits per heavy atom. The van der Waals surface area contributed by atoms with Gasteiger partial charge in [0.1, 0.15) is 0 Å². The number of hydrogen-bond acceptors (Lipinski definition) is 8. The molecular formula is C14H20N2O8S2. The molecule has 0 spiro atoms. The largest absolute Gasteiger partial charge is 0.481 e. The Labute approximate surface area is 156 Å². The second-order valence-corrected chi connectivity index (χ2v) is 9.42. The number of carbonyl (C=O) groups is 2. The fourth-order valence-corrected chi connectivity index (χ4v) is 7.13. The molecule has 146 valence electrons. The van der Waals surface area contributed by atoms with E-state index in [4.69, 9.17) is 10.2 Å². The van der Waals surface area contributed by atoms with E-state index in [0.717, 1.165) is 0 Å². The lowest BCUT2D eigenvalue weighted by Gasteiger charge is -2.31. The van der Waals surface area contributed by atoms with Gasteiger partial charge in [0.05, 0.1) is 22.3 Å². The first kappa shape index (κ1) is 20.7. The number of nitro groups is 2. The van der Waals surface area contributed by atoms with Crippen molar-refractivity contribution in [1.29, 1.82) is 0 Å². The van der Waals surface area contributed by atoms with Crippen LogP contribution < -0.4 is 0 Å². The second kappa shape index (κ2) is 8.89. The SMILES string of the molecule is O=C(O)C1CCC(SSC2CCC(C(=O)O)CC2[N+](=O)[O-])C([N+](=O)[O-])C1. The zero-order valence-electron chi connectivity index (χ0n) is 13.8. The molecule has 0 aromatic carbocycles. The van der Waals surface area contributed by atoms with Gasteiger partial charge in [0.15, 0.2) is 0 Å². The standard InChI is InChI=1S/C14H20N2O8S2/c17-13(18)7-1-3-11(9(5-7)15(21)22)25-26-12-4-2-8(14(19)20)6-10(12)16(23)24/h7-12H,1-6H2,(H,17,18)(H,19,20). The minimum atomic E-state index is -1.03. The number of hydrogen-bond donors (Lipinski definition) is 2. The first-order valence-corrected chi connectivity index (χ1v) is 10.5. The van der Waals surface area contributed by atoms with Crippen LogP contribution in [-0.4, -0.2) is 54.6 Å². The van der Waals surface area contributed by atoms with Crippen LogP contribution in [0.25, 0.3) is 0 Å². The molecule has 0 amide bonds. The van der Waals surface area contributed by atoms with Crippen molar-refractivity contribution in [3.8, 4) is 0 Å². The number of carboxylic acids is 2. The molecule has 0 bridgehead atoms. The molecule has 6 unspecified atom stereocenters.